The van der Waals surface area contributed by atoms with E-state index < -0.39 is 0 Å². The van der Waals surface area contributed by atoms with Crippen molar-refractivity contribution in [2.45, 2.75) is 25.3 Å². The Labute approximate surface area is 170 Å². The lowest BCUT2D eigenvalue weighted by atomic mass is 9.94. The molecule has 3 aromatic heterocycles. The summed E-state index contributed by atoms with van der Waals surface area (Å²) < 4.78 is 0. The summed E-state index contributed by atoms with van der Waals surface area (Å²) in [6.07, 6.45) is 7.94. The summed E-state index contributed by atoms with van der Waals surface area (Å²) in [5, 5.41) is 4.47. The first-order chi connectivity index (χ1) is 14.3. The number of aromatic amines is 1. The summed E-state index contributed by atoms with van der Waals surface area (Å²) in [5.74, 6) is 1.79. The van der Waals surface area contributed by atoms with Crippen molar-refractivity contribution in [1.29, 1.82) is 0 Å². The minimum atomic E-state index is 0.423. The molecule has 0 aliphatic carbocycles. The molecule has 4 aromatic rings. The maximum Gasteiger partial charge on any atom is 0.228 e. The molecule has 1 fully saturated rings. The molecular formula is C23H24N6. The average molecular weight is 384 g/mol. The molecule has 6 nitrogen and oxygen atoms in total. The number of hydrogen-bond donors (Lipinski definition) is 2. The number of pyridine rings is 1. The predicted octanol–water partition coefficient (Wildman–Crippen LogP) is 4.48. The first-order valence-electron chi connectivity index (χ1n) is 10.1. The minimum Gasteiger partial charge on any atom is -0.361 e. The Balaban J connectivity index is 1.28. The number of benzene rings is 1. The van der Waals surface area contributed by atoms with Crippen molar-refractivity contribution in [3.63, 3.8) is 0 Å². The Hall–Kier alpha value is -3.25. The zero-order valence-electron chi connectivity index (χ0n) is 16.3. The van der Waals surface area contributed by atoms with Crippen molar-refractivity contribution < 1.29 is 0 Å². The molecule has 0 unspecified atom stereocenters. The van der Waals surface area contributed by atoms with Gasteiger partial charge in [0.25, 0.3) is 0 Å². The molecule has 2 N–H and O–H groups in total. The van der Waals surface area contributed by atoms with E-state index in [0.717, 1.165) is 37.6 Å². The number of hydrogen-bond acceptors (Lipinski definition) is 5. The van der Waals surface area contributed by atoms with Gasteiger partial charge in [-0.2, -0.15) is 0 Å². The topological polar surface area (TPSA) is 69.7 Å². The largest absolute Gasteiger partial charge is 0.361 e. The fourth-order valence-electron chi connectivity index (χ4n) is 4.11. The van der Waals surface area contributed by atoms with Crippen molar-refractivity contribution in [2.24, 2.45) is 0 Å². The van der Waals surface area contributed by atoms with Gasteiger partial charge in [-0.25, -0.2) is 15.0 Å². The third-order valence-electron chi connectivity index (χ3n) is 5.53. The summed E-state index contributed by atoms with van der Waals surface area (Å²) in [6.45, 7) is 3.12. The predicted molar refractivity (Wildman–Crippen MR) is 115 cm³/mol. The normalized spacial score (nSPS) is 17.4. The maximum atomic E-state index is 4.77. The Morgan fingerprint density at radius 3 is 3.00 bits per heavy atom. The molecule has 6 heteroatoms. The zero-order chi connectivity index (χ0) is 19.5. The van der Waals surface area contributed by atoms with Gasteiger partial charge in [0.05, 0.1) is 5.69 Å². The molecule has 1 aliphatic heterocycles. The van der Waals surface area contributed by atoms with Crippen molar-refractivity contribution in [3.05, 3.63) is 78.4 Å². The third kappa shape index (κ3) is 4.12. The van der Waals surface area contributed by atoms with Crippen LogP contribution in [0.5, 0.6) is 0 Å². The second-order valence-corrected chi connectivity index (χ2v) is 7.62. The zero-order valence-corrected chi connectivity index (χ0v) is 16.3. The van der Waals surface area contributed by atoms with Gasteiger partial charge in [0, 0.05) is 43.1 Å². The van der Waals surface area contributed by atoms with E-state index in [2.05, 4.69) is 49.4 Å². The van der Waals surface area contributed by atoms with Crippen LogP contribution in [0.25, 0.3) is 10.9 Å². The quantitative estimate of drug-likeness (QED) is 0.531. The molecule has 1 atom stereocenters. The molecule has 5 rings (SSSR count). The van der Waals surface area contributed by atoms with Crippen LogP contribution in [0.4, 0.5) is 11.8 Å². The summed E-state index contributed by atoms with van der Waals surface area (Å²) in [7, 11) is 0. The van der Waals surface area contributed by atoms with Gasteiger partial charge in [-0.15, -0.1) is 0 Å². The van der Waals surface area contributed by atoms with Crippen LogP contribution in [0.2, 0.25) is 0 Å². The summed E-state index contributed by atoms with van der Waals surface area (Å²) >= 11 is 0. The number of H-pyrrole nitrogens is 1. The third-order valence-corrected chi connectivity index (χ3v) is 5.53. The van der Waals surface area contributed by atoms with Crippen molar-refractivity contribution in [3.8, 4) is 0 Å². The fraction of sp³-hybridized carbons (Fsp3) is 0.261. The number of nitrogens with one attached hydrogen (secondary N) is 2. The number of anilines is 2. The van der Waals surface area contributed by atoms with Gasteiger partial charge in [-0.05, 0) is 66.7 Å². The maximum absolute atomic E-state index is 4.77. The van der Waals surface area contributed by atoms with Gasteiger partial charge in [0.15, 0.2) is 0 Å². The molecular weight excluding hydrogens is 360 g/mol. The van der Waals surface area contributed by atoms with Crippen molar-refractivity contribution >= 4 is 22.7 Å². The van der Waals surface area contributed by atoms with E-state index in [-0.39, 0.29) is 0 Å². The molecule has 0 amide bonds. The first kappa shape index (κ1) is 17.8. The highest BCUT2D eigenvalue weighted by atomic mass is 15.2. The first-order valence-corrected chi connectivity index (χ1v) is 10.1. The summed E-state index contributed by atoms with van der Waals surface area (Å²) in [6, 6.07) is 16.6. The molecule has 4 heterocycles. The fourth-order valence-corrected chi connectivity index (χ4v) is 4.11. The van der Waals surface area contributed by atoms with Crippen LogP contribution in [0.15, 0.2) is 67.1 Å². The summed E-state index contributed by atoms with van der Waals surface area (Å²) in [4.78, 5) is 19.2. The van der Waals surface area contributed by atoms with Crippen LogP contribution in [0.3, 0.4) is 0 Å². The van der Waals surface area contributed by atoms with Gasteiger partial charge in [0.1, 0.15) is 5.82 Å². The van der Waals surface area contributed by atoms with E-state index in [4.69, 9.17) is 4.98 Å². The molecule has 1 aromatic carbocycles. The Kier molecular flexibility index (Phi) is 4.92. The van der Waals surface area contributed by atoms with Gasteiger partial charge in [0.2, 0.25) is 5.95 Å². The number of likely N-dealkylation sites (tertiary alicyclic amines) is 1. The summed E-state index contributed by atoms with van der Waals surface area (Å²) in [5.41, 5.74) is 3.65. The van der Waals surface area contributed by atoms with E-state index in [1.54, 1.807) is 6.20 Å². The molecule has 0 bridgehead atoms. The molecule has 0 saturated carbocycles. The SMILES string of the molecule is c1ccc(Nc2nccc([C@@H]3CCCN(Cc4ccc5[nH]ccc5c4)C3)n2)nc1. The number of rotatable bonds is 5. The van der Waals surface area contributed by atoms with Crippen LogP contribution in [0.1, 0.15) is 30.0 Å². The minimum absolute atomic E-state index is 0.423. The number of piperidine rings is 1. The standard InChI is InChI=1S/C23H24N6/c1-2-10-25-22(5-1)28-23-26-12-9-21(27-23)19-4-3-13-29(16-19)15-17-6-7-20-18(14-17)8-11-24-20/h1-2,5-12,14,19,24H,3-4,13,15-16H2,(H,25,26,27,28)/t19-/m1/s1. The van der Waals surface area contributed by atoms with E-state index in [9.17, 15) is 0 Å². The molecule has 0 spiro atoms. The van der Waals surface area contributed by atoms with Crippen LogP contribution in [0, 0.1) is 0 Å². The average Bonchev–Trinajstić information content (AvgIpc) is 3.23. The number of fused-ring (bicyclic) bond motifs is 1. The van der Waals surface area contributed by atoms with Gasteiger partial charge in [-0.3, -0.25) is 4.90 Å². The van der Waals surface area contributed by atoms with E-state index in [1.165, 1.54) is 22.9 Å². The van der Waals surface area contributed by atoms with Gasteiger partial charge >= 0.3 is 0 Å². The van der Waals surface area contributed by atoms with Crippen LogP contribution in [-0.2, 0) is 6.54 Å². The van der Waals surface area contributed by atoms with Crippen molar-refractivity contribution in [1.82, 2.24) is 24.8 Å². The molecule has 0 radical (unpaired) electrons. The molecule has 146 valence electrons. The van der Waals surface area contributed by atoms with Crippen LogP contribution in [-0.4, -0.2) is 37.9 Å². The van der Waals surface area contributed by atoms with Gasteiger partial charge < -0.3 is 10.3 Å². The molecule has 1 aliphatic rings. The highest BCUT2D eigenvalue weighted by molar-refractivity contribution is 5.79. The highest BCUT2D eigenvalue weighted by Crippen LogP contribution is 2.27. The Morgan fingerprint density at radius 1 is 1.07 bits per heavy atom. The number of nitrogens with zero attached hydrogens (tertiary/aromatic N) is 4. The second kappa shape index (κ2) is 8.01. The molecule has 1 saturated heterocycles. The number of aromatic nitrogens is 4. The molecule has 29 heavy (non-hydrogen) atoms. The second-order valence-electron chi connectivity index (χ2n) is 7.62. The van der Waals surface area contributed by atoms with Crippen LogP contribution >= 0.6 is 0 Å². The highest BCUT2D eigenvalue weighted by Gasteiger charge is 2.23. The lowest BCUT2D eigenvalue weighted by Crippen LogP contribution is -2.34. The Bertz CT molecular complexity index is 1090. The lowest BCUT2D eigenvalue weighted by molar-refractivity contribution is 0.198. The monoisotopic (exact) mass is 384 g/mol. The van der Waals surface area contributed by atoms with Gasteiger partial charge in [-0.1, -0.05) is 12.1 Å². The Morgan fingerprint density at radius 2 is 2.07 bits per heavy atom. The lowest BCUT2D eigenvalue weighted by Gasteiger charge is -2.32. The van der Waals surface area contributed by atoms with E-state index >= 15 is 0 Å². The smallest absolute Gasteiger partial charge is 0.228 e. The van der Waals surface area contributed by atoms with Crippen LogP contribution < -0.4 is 5.32 Å². The van der Waals surface area contributed by atoms with E-state index in [1.807, 2.05) is 36.7 Å². The van der Waals surface area contributed by atoms with Crippen molar-refractivity contribution in [2.75, 3.05) is 18.4 Å². The van der Waals surface area contributed by atoms with E-state index in [0.29, 0.717) is 11.9 Å².